The number of ether oxygens (including phenoxy) is 1. The summed E-state index contributed by atoms with van der Waals surface area (Å²) < 4.78 is 6.08. The number of fused-ring (bicyclic) bond motifs is 2. The Morgan fingerprint density at radius 1 is 1.08 bits per heavy atom. The Kier molecular flexibility index (Phi) is 4.34. The van der Waals surface area contributed by atoms with Crippen molar-refractivity contribution in [2.24, 2.45) is 0 Å². The highest BCUT2D eigenvalue weighted by atomic mass is 16.5. The van der Waals surface area contributed by atoms with Crippen LogP contribution >= 0.6 is 0 Å². The fraction of sp³-hybridized carbons (Fsp3) is 0.333. The summed E-state index contributed by atoms with van der Waals surface area (Å²) in [6.07, 6.45) is 3.58. The van der Waals surface area contributed by atoms with Gasteiger partial charge in [0.1, 0.15) is 17.5 Å². The number of rotatable bonds is 4. The van der Waals surface area contributed by atoms with Gasteiger partial charge < -0.3 is 15.2 Å². The molecule has 0 saturated carbocycles. The molecule has 0 fully saturated rings. The van der Waals surface area contributed by atoms with Crippen LogP contribution in [-0.2, 0) is 6.42 Å². The van der Waals surface area contributed by atoms with Crippen molar-refractivity contribution < 1.29 is 9.84 Å². The summed E-state index contributed by atoms with van der Waals surface area (Å²) in [4.78, 5) is 8.74. The second-order valence-electron chi connectivity index (χ2n) is 7.25. The first kappa shape index (κ1) is 16.9. The summed E-state index contributed by atoms with van der Waals surface area (Å²) in [5, 5.41) is 14.4. The van der Waals surface area contributed by atoms with Gasteiger partial charge in [-0.05, 0) is 38.4 Å². The zero-order valence-electron chi connectivity index (χ0n) is 15.0. The van der Waals surface area contributed by atoms with Crippen LogP contribution in [0, 0.1) is 0 Å². The van der Waals surface area contributed by atoms with Gasteiger partial charge in [0.2, 0.25) is 0 Å². The molecule has 0 saturated heterocycles. The Balaban J connectivity index is 1.63. The van der Waals surface area contributed by atoms with Crippen LogP contribution in [-0.4, -0.2) is 33.3 Å². The van der Waals surface area contributed by atoms with Gasteiger partial charge in [-0.25, -0.2) is 0 Å². The number of aliphatic hydroxyl groups is 1. The summed E-state index contributed by atoms with van der Waals surface area (Å²) in [7, 11) is 0. The Morgan fingerprint density at radius 2 is 1.77 bits per heavy atom. The Hall–Kier alpha value is -2.50. The molecule has 4 rings (SSSR count). The molecule has 2 heterocycles. The normalized spacial score (nSPS) is 21.2. The standard InChI is InChI=1S/C21H23N3O2/c1-21(2)20(25)19(24-9-8-14-6-4-3-5-7-14)15-12-16-17(13-18(15)26-21)23-11-10-22-16/h3-7,10-13,19-20,24-25H,8-9H2,1-2H3/t19?,20-/m1/s1. The number of nitrogens with one attached hydrogen (secondary N) is 1. The molecule has 2 N–H and O–H groups in total. The van der Waals surface area contributed by atoms with Gasteiger partial charge in [0, 0.05) is 24.0 Å². The van der Waals surface area contributed by atoms with Crippen molar-refractivity contribution in [1.82, 2.24) is 15.3 Å². The molecule has 1 unspecified atom stereocenters. The molecule has 0 aliphatic carbocycles. The average molecular weight is 349 g/mol. The zero-order valence-corrected chi connectivity index (χ0v) is 15.0. The lowest BCUT2D eigenvalue weighted by Gasteiger charge is -2.42. The zero-order chi connectivity index (χ0) is 18.1. The van der Waals surface area contributed by atoms with Crippen molar-refractivity contribution in [2.45, 2.75) is 38.0 Å². The SMILES string of the molecule is CC1(C)Oc2cc3nccnc3cc2C(NCCc2ccccc2)[C@H]1O. The van der Waals surface area contributed by atoms with Crippen LogP contribution in [0.5, 0.6) is 5.75 Å². The van der Waals surface area contributed by atoms with Gasteiger partial charge in [-0.3, -0.25) is 9.97 Å². The van der Waals surface area contributed by atoms with Crippen LogP contribution in [0.3, 0.4) is 0 Å². The number of hydrogen-bond donors (Lipinski definition) is 2. The molecule has 0 amide bonds. The molecule has 0 spiro atoms. The van der Waals surface area contributed by atoms with E-state index in [2.05, 4.69) is 27.4 Å². The summed E-state index contributed by atoms with van der Waals surface area (Å²) in [6.45, 7) is 4.58. The van der Waals surface area contributed by atoms with E-state index in [0.29, 0.717) is 0 Å². The molecule has 1 aliphatic heterocycles. The lowest BCUT2D eigenvalue weighted by molar-refractivity contribution is -0.0642. The van der Waals surface area contributed by atoms with Crippen molar-refractivity contribution in [1.29, 1.82) is 0 Å². The van der Waals surface area contributed by atoms with Crippen molar-refractivity contribution >= 4 is 11.0 Å². The van der Waals surface area contributed by atoms with Crippen LogP contribution in [0.4, 0.5) is 0 Å². The van der Waals surface area contributed by atoms with E-state index < -0.39 is 11.7 Å². The summed E-state index contributed by atoms with van der Waals surface area (Å²) >= 11 is 0. The Labute approximate surface area is 153 Å². The third kappa shape index (κ3) is 3.16. The highest BCUT2D eigenvalue weighted by Gasteiger charge is 2.42. The van der Waals surface area contributed by atoms with E-state index in [1.165, 1.54) is 5.56 Å². The lowest BCUT2D eigenvalue weighted by Crippen LogP contribution is -2.52. The van der Waals surface area contributed by atoms with Gasteiger partial charge in [-0.1, -0.05) is 30.3 Å². The van der Waals surface area contributed by atoms with Crippen LogP contribution in [0.15, 0.2) is 54.9 Å². The smallest absolute Gasteiger partial charge is 0.131 e. The van der Waals surface area contributed by atoms with Gasteiger partial charge in [-0.2, -0.15) is 0 Å². The van der Waals surface area contributed by atoms with E-state index in [1.54, 1.807) is 12.4 Å². The third-order valence-electron chi connectivity index (χ3n) is 4.96. The van der Waals surface area contributed by atoms with Gasteiger partial charge in [0.25, 0.3) is 0 Å². The van der Waals surface area contributed by atoms with E-state index in [1.807, 2.05) is 44.2 Å². The van der Waals surface area contributed by atoms with E-state index in [9.17, 15) is 5.11 Å². The molecule has 2 aromatic carbocycles. The molecule has 1 aliphatic rings. The molecular formula is C21H23N3O2. The first-order chi connectivity index (χ1) is 12.5. The minimum atomic E-state index is -0.687. The predicted octanol–water partition coefficient (Wildman–Crippen LogP) is 3.04. The van der Waals surface area contributed by atoms with Gasteiger partial charge in [-0.15, -0.1) is 0 Å². The average Bonchev–Trinajstić information content (AvgIpc) is 2.64. The molecule has 1 aromatic heterocycles. The molecule has 3 aromatic rings. The molecule has 0 radical (unpaired) electrons. The number of nitrogens with zero attached hydrogens (tertiary/aromatic N) is 2. The number of aromatic nitrogens is 2. The van der Waals surface area contributed by atoms with E-state index in [4.69, 9.17) is 4.74 Å². The fourth-order valence-electron chi connectivity index (χ4n) is 3.49. The van der Waals surface area contributed by atoms with Gasteiger partial charge in [0.15, 0.2) is 0 Å². The first-order valence-corrected chi connectivity index (χ1v) is 8.94. The maximum absolute atomic E-state index is 10.9. The molecule has 5 nitrogen and oxygen atoms in total. The Morgan fingerprint density at radius 3 is 2.50 bits per heavy atom. The van der Waals surface area contributed by atoms with Gasteiger partial charge in [0.05, 0.1) is 17.1 Å². The van der Waals surface area contributed by atoms with Crippen molar-refractivity contribution in [3.63, 3.8) is 0 Å². The Bertz CT molecular complexity index is 912. The van der Waals surface area contributed by atoms with Crippen molar-refractivity contribution in [3.05, 3.63) is 66.0 Å². The lowest BCUT2D eigenvalue weighted by atomic mass is 9.86. The maximum Gasteiger partial charge on any atom is 0.131 e. The van der Waals surface area contributed by atoms with Crippen LogP contribution in [0.1, 0.15) is 31.0 Å². The quantitative estimate of drug-likeness (QED) is 0.758. The van der Waals surface area contributed by atoms with E-state index in [0.717, 1.165) is 35.3 Å². The highest BCUT2D eigenvalue weighted by molar-refractivity contribution is 5.77. The molecule has 0 bridgehead atoms. The van der Waals surface area contributed by atoms with Crippen LogP contribution in [0.2, 0.25) is 0 Å². The minimum Gasteiger partial charge on any atom is -0.485 e. The topological polar surface area (TPSA) is 67.3 Å². The predicted molar refractivity (Wildman–Crippen MR) is 101 cm³/mol. The monoisotopic (exact) mass is 349 g/mol. The van der Waals surface area contributed by atoms with Gasteiger partial charge >= 0.3 is 0 Å². The number of hydrogen-bond acceptors (Lipinski definition) is 5. The van der Waals surface area contributed by atoms with Crippen molar-refractivity contribution in [2.75, 3.05) is 6.54 Å². The summed E-state index contributed by atoms with van der Waals surface area (Å²) in [5.74, 6) is 0.755. The highest BCUT2D eigenvalue weighted by Crippen LogP contribution is 2.41. The van der Waals surface area contributed by atoms with E-state index >= 15 is 0 Å². The third-order valence-corrected chi connectivity index (χ3v) is 4.96. The molecule has 2 atom stereocenters. The number of benzene rings is 2. The second-order valence-corrected chi connectivity index (χ2v) is 7.25. The van der Waals surface area contributed by atoms with Crippen LogP contribution < -0.4 is 10.1 Å². The molecule has 134 valence electrons. The van der Waals surface area contributed by atoms with E-state index in [-0.39, 0.29) is 6.04 Å². The minimum absolute atomic E-state index is 0.219. The molecular weight excluding hydrogens is 326 g/mol. The summed E-state index contributed by atoms with van der Waals surface area (Å²) in [6, 6.07) is 14.0. The van der Waals surface area contributed by atoms with Crippen LogP contribution in [0.25, 0.3) is 11.0 Å². The number of aliphatic hydroxyl groups excluding tert-OH is 1. The molecule has 5 heteroatoms. The maximum atomic E-state index is 10.9. The first-order valence-electron chi connectivity index (χ1n) is 8.94. The van der Waals surface area contributed by atoms with Crippen molar-refractivity contribution in [3.8, 4) is 5.75 Å². The largest absolute Gasteiger partial charge is 0.485 e. The summed E-state index contributed by atoms with van der Waals surface area (Å²) in [5.41, 5.74) is 3.11. The second kappa shape index (κ2) is 6.67. The molecule has 26 heavy (non-hydrogen) atoms. The fourth-order valence-corrected chi connectivity index (χ4v) is 3.49.